The van der Waals surface area contributed by atoms with E-state index >= 15 is 0 Å². The summed E-state index contributed by atoms with van der Waals surface area (Å²) in [5.41, 5.74) is 0.703. The summed E-state index contributed by atoms with van der Waals surface area (Å²) >= 11 is 0. The van der Waals surface area contributed by atoms with Gasteiger partial charge in [0.2, 0.25) is 6.54 Å². The first kappa shape index (κ1) is 20.4. The van der Waals surface area contributed by atoms with Gasteiger partial charge in [-0.2, -0.15) is 0 Å². The molecule has 8 heteroatoms. The first-order valence-corrected chi connectivity index (χ1v) is 7.95. The highest BCUT2D eigenvalue weighted by atomic mass is 16.6. The minimum atomic E-state index is -0.677. The number of carbonyl (C=O) groups excluding carboxylic acids is 2. The van der Waals surface area contributed by atoms with Crippen molar-refractivity contribution in [2.75, 3.05) is 13.2 Å². The molecule has 0 saturated carbocycles. The van der Waals surface area contributed by atoms with E-state index in [0.29, 0.717) is 11.1 Å². The van der Waals surface area contributed by atoms with Gasteiger partial charge in [-0.15, -0.1) is 0 Å². The summed E-state index contributed by atoms with van der Waals surface area (Å²) in [7, 11) is 0. The molecule has 1 aromatic rings. The van der Waals surface area contributed by atoms with Gasteiger partial charge >= 0.3 is 11.9 Å². The largest absolute Gasteiger partial charge is 0.461 e. The number of rotatable bonds is 9. The van der Waals surface area contributed by atoms with Crippen LogP contribution in [-0.2, 0) is 27.1 Å². The van der Waals surface area contributed by atoms with Crippen LogP contribution < -0.4 is 0 Å². The number of nitrogens with zero attached hydrogens (tertiary/aromatic N) is 1. The standard InChI is InChI=1S/C17H24N2O6/c1-5-10-24-14(20)7-6-13-12(8-9-19(22)23)11-18-15(13)16(21)25-17(2,3)4/h5,11,18H,1,6-10H2,2-4H3. The number of aromatic amines is 1. The molecular formula is C17H24N2O6. The topological polar surface area (TPSA) is 112 Å². The van der Waals surface area contributed by atoms with Crippen molar-refractivity contribution < 1.29 is 24.0 Å². The van der Waals surface area contributed by atoms with E-state index in [1.165, 1.54) is 6.08 Å². The van der Waals surface area contributed by atoms with Gasteiger partial charge in [0.15, 0.2) is 0 Å². The molecule has 0 aliphatic rings. The summed E-state index contributed by atoms with van der Waals surface area (Å²) in [5, 5.41) is 10.6. The van der Waals surface area contributed by atoms with Crippen molar-refractivity contribution in [1.82, 2.24) is 4.98 Å². The van der Waals surface area contributed by atoms with Gasteiger partial charge in [-0.3, -0.25) is 14.9 Å². The van der Waals surface area contributed by atoms with E-state index in [-0.39, 0.29) is 38.1 Å². The predicted molar refractivity (Wildman–Crippen MR) is 91.0 cm³/mol. The molecule has 0 aromatic carbocycles. The minimum Gasteiger partial charge on any atom is -0.461 e. The molecule has 1 N–H and O–H groups in total. The average Bonchev–Trinajstić information content (AvgIpc) is 2.90. The smallest absolute Gasteiger partial charge is 0.355 e. The molecule has 0 aliphatic carbocycles. The number of hydrogen-bond acceptors (Lipinski definition) is 6. The molecule has 8 nitrogen and oxygen atoms in total. The SMILES string of the molecule is C=CCOC(=O)CCc1c(CC[N+](=O)[O-])c[nH]c1C(=O)OC(C)(C)C. The molecular weight excluding hydrogens is 328 g/mol. The molecule has 1 heterocycles. The highest BCUT2D eigenvalue weighted by Crippen LogP contribution is 2.21. The molecule has 0 bridgehead atoms. The van der Waals surface area contributed by atoms with Crippen molar-refractivity contribution in [3.63, 3.8) is 0 Å². The van der Waals surface area contributed by atoms with Crippen molar-refractivity contribution in [2.45, 2.75) is 45.6 Å². The van der Waals surface area contributed by atoms with Crippen LogP contribution in [0.15, 0.2) is 18.9 Å². The fourth-order valence-corrected chi connectivity index (χ4v) is 2.18. The van der Waals surface area contributed by atoms with Crippen LogP contribution in [0.1, 0.15) is 48.8 Å². The fourth-order valence-electron chi connectivity index (χ4n) is 2.18. The van der Waals surface area contributed by atoms with Gasteiger partial charge < -0.3 is 14.5 Å². The zero-order valence-corrected chi connectivity index (χ0v) is 14.8. The second kappa shape index (κ2) is 9.00. The van der Waals surface area contributed by atoms with Crippen molar-refractivity contribution >= 4 is 11.9 Å². The fraction of sp³-hybridized carbons (Fsp3) is 0.529. The molecule has 0 aliphatic heterocycles. The lowest BCUT2D eigenvalue weighted by atomic mass is 10.0. The van der Waals surface area contributed by atoms with E-state index < -0.39 is 22.5 Å². The quantitative estimate of drug-likeness (QED) is 0.316. The van der Waals surface area contributed by atoms with Crippen LogP contribution in [0.5, 0.6) is 0 Å². The average molecular weight is 352 g/mol. The Morgan fingerprint density at radius 3 is 2.60 bits per heavy atom. The van der Waals surface area contributed by atoms with Crippen molar-refractivity contribution in [1.29, 1.82) is 0 Å². The van der Waals surface area contributed by atoms with E-state index in [1.807, 2.05) is 0 Å². The first-order valence-electron chi connectivity index (χ1n) is 7.95. The third kappa shape index (κ3) is 7.19. The Hall–Kier alpha value is -2.64. The zero-order chi connectivity index (χ0) is 19.0. The molecule has 25 heavy (non-hydrogen) atoms. The maximum atomic E-state index is 12.3. The molecule has 1 aromatic heterocycles. The highest BCUT2D eigenvalue weighted by molar-refractivity contribution is 5.90. The van der Waals surface area contributed by atoms with Crippen LogP contribution in [0.3, 0.4) is 0 Å². The summed E-state index contributed by atoms with van der Waals surface area (Å²) in [6, 6.07) is 0. The van der Waals surface area contributed by atoms with Gasteiger partial charge in [0.25, 0.3) is 0 Å². The summed E-state index contributed by atoms with van der Waals surface area (Å²) in [4.78, 5) is 37.0. The molecule has 1 rings (SSSR count). The van der Waals surface area contributed by atoms with Gasteiger partial charge in [0.05, 0.1) is 0 Å². The van der Waals surface area contributed by atoms with Crippen LogP contribution in [0.2, 0.25) is 0 Å². The van der Waals surface area contributed by atoms with Crippen LogP contribution in [0.25, 0.3) is 0 Å². The lowest BCUT2D eigenvalue weighted by Crippen LogP contribution is -2.25. The number of nitrogens with one attached hydrogen (secondary N) is 1. The third-order valence-electron chi connectivity index (χ3n) is 3.19. The van der Waals surface area contributed by atoms with Crippen LogP contribution in [0, 0.1) is 10.1 Å². The molecule has 0 radical (unpaired) electrons. The summed E-state index contributed by atoms with van der Waals surface area (Å²) in [6.07, 6.45) is 3.44. The lowest BCUT2D eigenvalue weighted by molar-refractivity contribution is -0.479. The predicted octanol–water partition coefficient (Wildman–Crippen LogP) is 2.45. The second-order valence-corrected chi connectivity index (χ2v) is 6.45. The van der Waals surface area contributed by atoms with E-state index in [4.69, 9.17) is 9.47 Å². The van der Waals surface area contributed by atoms with Crippen LogP contribution >= 0.6 is 0 Å². The van der Waals surface area contributed by atoms with Crippen molar-refractivity contribution in [3.05, 3.63) is 45.8 Å². The number of H-pyrrole nitrogens is 1. The number of esters is 2. The lowest BCUT2D eigenvalue weighted by Gasteiger charge is -2.19. The number of aromatic nitrogens is 1. The number of nitro groups is 1. The van der Waals surface area contributed by atoms with Gasteiger partial charge in [0, 0.05) is 24.0 Å². The molecule has 0 amide bonds. The van der Waals surface area contributed by atoms with E-state index in [2.05, 4.69) is 11.6 Å². The Labute approximate surface area is 146 Å². The zero-order valence-electron chi connectivity index (χ0n) is 14.8. The normalized spacial score (nSPS) is 11.0. The second-order valence-electron chi connectivity index (χ2n) is 6.45. The third-order valence-corrected chi connectivity index (χ3v) is 3.19. The van der Waals surface area contributed by atoms with Crippen molar-refractivity contribution in [3.8, 4) is 0 Å². The molecule has 0 atom stereocenters. The summed E-state index contributed by atoms with van der Waals surface area (Å²) in [6.45, 7) is 8.54. The minimum absolute atomic E-state index is 0.0486. The Bertz CT molecular complexity index is 642. The summed E-state index contributed by atoms with van der Waals surface area (Å²) in [5.74, 6) is -0.995. The Morgan fingerprint density at radius 1 is 1.36 bits per heavy atom. The van der Waals surface area contributed by atoms with Gasteiger partial charge in [-0.25, -0.2) is 4.79 Å². The summed E-state index contributed by atoms with van der Waals surface area (Å²) < 4.78 is 10.3. The van der Waals surface area contributed by atoms with E-state index in [0.717, 1.165) is 0 Å². The maximum Gasteiger partial charge on any atom is 0.355 e. The van der Waals surface area contributed by atoms with E-state index in [9.17, 15) is 19.7 Å². The van der Waals surface area contributed by atoms with Crippen LogP contribution in [-0.4, -0.2) is 40.6 Å². The number of carbonyl (C=O) groups is 2. The number of hydrogen-bond donors (Lipinski definition) is 1. The van der Waals surface area contributed by atoms with Crippen LogP contribution in [0.4, 0.5) is 0 Å². The van der Waals surface area contributed by atoms with Crippen molar-refractivity contribution in [2.24, 2.45) is 0 Å². The van der Waals surface area contributed by atoms with Gasteiger partial charge in [-0.05, 0) is 38.3 Å². The molecule has 0 unspecified atom stereocenters. The van der Waals surface area contributed by atoms with Gasteiger partial charge in [-0.1, -0.05) is 12.7 Å². The Kier molecular flexibility index (Phi) is 7.35. The number of ether oxygens (including phenoxy) is 2. The highest BCUT2D eigenvalue weighted by Gasteiger charge is 2.24. The monoisotopic (exact) mass is 352 g/mol. The molecule has 0 saturated heterocycles. The first-order chi connectivity index (χ1) is 11.6. The Morgan fingerprint density at radius 2 is 2.04 bits per heavy atom. The van der Waals surface area contributed by atoms with E-state index in [1.54, 1.807) is 27.0 Å². The molecule has 0 spiro atoms. The Balaban J connectivity index is 2.95. The maximum absolute atomic E-state index is 12.3. The molecule has 0 fully saturated rings. The van der Waals surface area contributed by atoms with Gasteiger partial charge in [0.1, 0.15) is 17.9 Å². The molecule has 138 valence electrons.